The van der Waals surface area contributed by atoms with Crippen LogP contribution in [-0.2, 0) is 4.74 Å². The molecule has 3 rings (SSSR count). The van der Waals surface area contributed by atoms with Crippen molar-refractivity contribution in [2.24, 2.45) is 0 Å². The molecule has 0 saturated carbocycles. The molecule has 1 aliphatic rings. The Morgan fingerprint density at radius 3 is 2.90 bits per heavy atom. The fourth-order valence-corrected chi connectivity index (χ4v) is 2.88. The Morgan fingerprint density at radius 1 is 1.29 bits per heavy atom. The molecule has 1 fully saturated rings. The third-order valence-corrected chi connectivity index (χ3v) is 4.01. The Hall–Kier alpha value is -1.36. The first-order valence-corrected chi connectivity index (χ1v) is 7.72. The van der Waals surface area contributed by atoms with Crippen LogP contribution in [0.2, 0.25) is 5.02 Å². The van der Waals surface area contributed by atoms with Crippen LogP contribution in [0.25, 0.3) is 10.9 Å². The Balaban J connectivity index is 1.67. The van der Waals surface area contributed by atoms with Gasteiger partial charge in [0, 0.05) is 31.1 Å². The van der Waals surface area contributed by atoms with Crippen LogP contribution >= 0.6 is 11.6 Å². The van der Waals surface area contributed by atoms with Gasteiger partial charge in [-0.05, 0) is 25.1 Å². The van der Waals surface area contributed by atoms with Crippen LogP contribution in [0.4, 0.5) is 5.82 Å². The number of rotatable bonds is 4. The molecule has 0 unspecified atom stereocenters. The number of hydrogen-bond donors (Lipinski definition) is 1. The van der Waals surface area contributed by atoms with Gasteiger partial charge in [-0.3, -0.25) is 4.90 Å². The first-order chi connectivity index (χ1) is 10.2. The van der Waals surface area contributed by atoms with Gasteiger partial charge in [-0.2, -0.15) is 0 Å². The second-order valence-corrected chi connectivity index (χ2v) is 5.87. The number of halogens is 1. The molecule has 112 valence electrons. The smallest absolute Gasteiger partial charge is 0.126 e. The molecular formula is C16H20ClN3O. The molecule has 1 atom stereocenters. The zero-order chi connectivity index (χ0) is 14.7. The first-order valence-electron chi connectivity index (χ1n) is 7.34. The van der Waals surface area contributed by atoms with E-state index in [1.807, 2.05) is 24.3 Å². The summed E-state index contributed by atoms with van der Waals surface area (Å²) in [4.78, 5) is 7.03. The van der Waals surface area contributed by atoms with Crippen molar-refractivity contribution in [3.8, 4) is 0 Å². The van der Waals surface area contributed by atoms with E-state index in [1.165, 1.54) is 0 Å². The molecule has 1 N–H and O–H groups in total. The van der Waals surface area contributed by atoms with Crippen LogP contribution in [-0.4, -0.2) is 48.8 Å². The Labute approximate surface area is 130 Å². The van der Waals surface area contributed by atoms with E-state index in [1.54, 1.807) is 0 Å². The SMILES string of the molecule is C[C@H](CN1CCOCC1)Nc1ccc2cccc(Cl)c2n1. The van der Waals surface area contributed by atoms with E-state index in [2.05, 4.69) is 28.2 Å². The molecule has 1 aromatic carbocycles. The normalized spacial score (nSPS) is 17.8. The number of nitrogens with zero attached hydrogens (tertiary/aromatic N) is 2. The molecule has 0 amide bonds. The second kappa shape index (κ2) is 6.60. The van der Waals surface area contributed by atoms with Gasteiger partial charge in [-0.25, -0.2) is 4.98 Å². The van der Waals surface area contributed by atoms with Crippen molar-refractivity contribution >= 4 is 28.3 Å². The highest BCUT2D eigenvalue weighted by atomic mass is 35.5. The van der Waals surface area contributed by atoms with Crippen molar-refractivity contribution in [2.45, 2.75) is 13.0 Å². The van der Waals surface area contributed by atoms with Gasteiger partial charge in [0.1, 0.15) is 5.82 Å². The van der Waals surface area contributed by atoms with Crippen LogP contribution in [0.3, 0.4) is 0 Å². The van der Waals surface area contributed by atoms with Crippen LogP contribution in [0.1, 0.15) is 6.92 Å². The highest BCUT2D eigenvalue weighted by molar-refractivity contribution is 6.35. The Morgan fingerprint density at radius 2 is 2.10 bits per heavy atom. The average molecular weight is 306 g/mol. The maximum atomic E-state index is 6.21. The molecule has 0 aliphatic carbocycles. The zero-order valence-corrected chi connectivity index (χ0v) is 12.9. The van der Waals surface area contributed by atoms with Crippen molar-refractivity contribution < 1.29 is 4.74 Å². The minimum absolute atomic E-state index is 0.329. The zero-order valence-electron chi connectivity index (χ0n) is 12.2. The molecule has 2 aromatic rings. The highest BCUT2D eigenvalue weighted by Gasteiger charge is 2.14. The molecule has 4 nitrogen and oxygen atoms in total. The van der Waals surface area contributed by atoms with E-state index in [0.717, 1.165) is 49.6 Å². The summed E-state index contributed by atoms with van der Waals surface area (Å²) in [5, 5.41) is 5.21. The topological polar surface area (TPSA) is 37.4 Å². The highest BCUT2D eigenvalue weighted by Crippen LogP contribution is 2.23. The van der Waals surface area contributed by atoms with Gasteiger partial charge in [0.05, 0.1) is 23.8 Å². The summed E-state index contributed by atoms with van der Waals surface area (Å²) in [7, 11) is 0. The lowest BCUT2D eigenvalue weighted by Gasteiger charge is -2.29. The largest absolute Gasteiger partial charge is 0.379 e. The van der Waals surface area contributed by atoms with Gasteiger partial charge in [0.15, 0.2) is 0 Å². The number of morpholine rings is 1. The molecule has 21 heavy (non-hydrogen) atoms. The van der Waals surface area contributed by atoms with Crippen molar-refractivity contribution in [3.05, 3.63) is 35.4 Å². The molecular weight excluding hydrogens is 286 g/mol. The third kappa shape index (κ3) is 3.64. The summed E-state index contributed by atoms with van der Waals surface area (Å²) in [5.74, 6) is 0.872. The molecule has 1 saturated heterocycles. The number of para-hydroxylation sites is 1. The number of pyridine rings is 1. The summed E-state index contributed by atoms with van der Waals surface area (Å²) in [6.45, 7) is 6.83. The molecule has 0 bridgehead atoms. The minimum atomic E-state index is 0.329. The summed E-state index contributed by atoms with van der Waals surface area (Å²) in [6.07, 6.45) is 0. The van der Waals surface area contributed by atoms with Gasteiger partial charge >= 0.3 is 0 Å². The van der Waals surface area contributed by atoms with Gasteiger partial charge in [-0.15, -0.1) is 0 Å². The van der Waals surface area contributed by atoms with Crippen LogP contribution in [0, 0.1) is 0 Å². The maximum absolute atomic E-state index is 6.21. The summed E-state index contributed by atoms with van der Waals surface area (Å²) in [6, 6.07) is 10.2. The van der Waals surface area contributed by atoms with Gasteiger partial charge < -0.3 is 10.1 Å². The van der Waals surface area contributed by atoms with Crippen LogP contribution < -0.4 is 5.32 Å². The number of aromatic nitrogens is 1. The second-order valence-electron chi connectivity index (χ2n) is 5.47. The minimum Gasteiger partial charge on any atom is -0.379 e. The number of ether oxygens (including phenoxy) is 1. The lowest BCUT2D eigenvalue weighted by molar-refractivity contribution is 0.0368. The standard InChI is InChI=1S/C16H20ClN3O/c1-12(11-20-7-9-21-10-8-20)18-15-6-5-13-3-2-4-14(17)16(13)19-15/h2-6,12H,7-11H2,1H3,(H,18,19)/t12-/m1/s1. The van der Waals surface area contributed by atoms with E-state index < -0.39 is 0 Å². The van der Waals surface area contributed by atoms with E-state index >= 15 is 0 Å². The quantitative estimate of drug-likeness (QED) is 0.942. The summed E-state index contributed by atoms with van der Waals surface area (Å²) < 4.78 is 5.37. The predicted octanol–water partition coefficient (Wildman–Crippen LogP) is 3.02. The number of nitrogens with one attached hydrogen (secondary N) is 1. The van der Waals surface area contributed by atoms with Crippen molar-refractivity contribution in [1.82, 2.24) is 9.88 Å². The number of anilines is 1. The average Bonchev–Trinajstić information content (AvgIpc) is 2.49. The fraction of sp³-hybridized carbons (Fsp3) is 0.438. The van der Waals surface area contributed by atoms with Crippen molar-refractivity contribution in [3.63, 3.8) is 0 Å². The van der Waals surface area contributed by atoms with Crippen LogP contribution in [0.5, 0.6) is 0 Å². The lowest BCUT2D eigenvalue weighted by atomic mass is 10.2. The maximum Gasteiger partial charge on any atom is 0.126 e. The summed E-state index contributed by atoms with van der Waals surface area (Å²) >= 11 is 6.21. The van der Waals surface area contributed by atoms with Gasteiger partial charge in [0.2, 0.25) is 0 Å². The fourth-order valence-electron chi connectivity index (χ4n) is 2.66. The van der Waals surface area contributed by atoms with E-state index in [-0.39, 0.29) is 0 Å². The monoisotopic (exact) mass is 305 g/mol. The molecule has 1 aliphatic heterocycles. The number of benzene rings is 1. The van der Waals surface area contributed by atoms with E-state index in [4.69, 9.17) is 16.3 Å². The van der Waals surface area contributed by atoms with Crippen molar-refractivity contribution in [2.75, 3.05) is 38.2 Å². The van der Waals surface area contributed by atoms with Crippen molar-refractivity contribution in [1.29, 1.82) is 0 Å². The number of fused-ring (bicyclic) bond motifs is 1. The summed E-state index contributed by atoms with van der Waals surface area (Å²) in [5.41, 5.74) is 0.850. The molecule has 0 radical (unpaired) electrons. The van der Waals surface area contributed by atoms with E-state index in [9.17, 15) is 0 Å². The van der Waals surface area contributed by atoms with E-state index in [0.29, 0.717) is 11.1 Å². The predicted molar refractivity (Wildman–Crippen MR) is 87.1 cm³/mol. The molecule has 1 aromatic heterocycles. The lowest BCUT2D eigenvalue weighted by Crippen LogP contribution is -2.42. The Kier molecular flexibility index (Phi) is 4.58. The Bertz CT molecular complexity index is 613. The molecule has 0 spiro atoms. The van der Waals surface area contributed by atoms with Gasteiger partial charge in [-0.1, -0.05) is 23.7 Å². The third-order valence-electron chi connectivity index (χ3n) is 3.70. The van der Waals surface area contributed by atoms with Gasteiger partial charge in [0.25, 0.3) is 0 Å². The number of hydrogen-bond acceptors (Lipinski definition) is 4. The molecule has 2 heterocycles. The molecule has 5 heteroatoms. The first kappa shape index (κ1) is 14.6. The van der Waals surface area contributed by atoms with Crippen LogP contribution in [0.15, 0.2) is 30.3 Å².